The van der Waals surface area contributed by atoms with Crippen LogP contribution in [0, 0.1) is 0 Å². The van der Waals surface area contributed by atoms with Gasteiger partial charge in [-0.3, -0.25) is 9.69 Å². The number of halogens is 1. The van der Waals surface area contributed by atoms with Gasteiger partial charge in [-0.1, -0.05) is 145 Å². The molecule has 0 radical (unpaired) electrons. The molecule has 0 saturated carbocycles. The van der Waals surface area contributed by atoms with Crippen molar-refractivity contribution in [2.45, 2.75) is 36.7 Å². The van der Waals surface area contributed by atoms with Gasteiger partial charge in [0.15, 0.2) is 5.12 Å². The quantitative estimate of drug-likeness (QED) is 0.164. The average Bonchev–Trinajstić information content (AvgIpc) is 3.66. The number of carbonyl (C=O) groups excluding carboxylic acids is 1. The van der Waals surface area contributed by atoms with Gasteiger partial charge in [-0.2, -0.15) is 0 Å². The molecule has 1 aromatic heterocycles. The minimum atomic E-state index is -0.459. The second-order valence-electron chi connectivity index (χ2n) is 12.5. The van der Waals surface area contributed by atoms with Crippen molar-refractivity contribution in [3.05, 3.63) is 177 Å². The molecule has 2 fully saturated rings. The Morgan fingerprint density at radius 1 is 0.780 bits per heavy atom. The molecule has 2 aliphatic rings. The number of piperidine rings is 2. The Labute approximate surface area is 311 Å². The van der Waals surface area contributed by atoms with E-state index in [9.17, 15) is 9.90 Å². The number of benzene rings is 4. The molecule has 7 rings (SSSR count). The Kier molecular flexibility index (Phi) is 13.9. The third kappa shape index (κ3) is 9.12. The van der Waals surface area contributed by atoms with Crippen molar-refractivity contribution in [3.63, 3.8) is 0 Å². The maximum atomic E-state index is 11.2. The van der Waals surface area contributed by atoms with Crippen LogP contribution < -0.4 is 5.32 Å². The molecule has 258 valence electrons. The average molecular weight is 721 g/mol. The molecule has 3 heterocycles. The summed E-state index contributed by atoms with van der Waals surface area (Å²) in [5.41, 5.74) is 6.76. The predicted octanol–water partition coefficient (Wildman–Crippen LogP) is 9.32. The fourth-order valence-electron chi connectivity index (χ4n) is 6.95. The molecule has 4 nitrogen and oxygen atoms in total. The summed E-state index contributed by atoms with van der Waals surface area (Å²) in [6.45, 7) is 5.05. The van der Waals surface area contributed by atoms with Gasteiger partial charge in [0.25, 0.3) is 0 Å². The first kappa shape index (κ1) is 37.5. The van der Waals surface area contributed by atoms with Crippen LogP contribution >= 0.6 is 35.5 Å². The van der Waals surface area contributed by atoms with E-state index in [2.05, 4.69) is 143 Å². The van der Waals surface area contributed by atoms with E-state index in [1.807, 2.05) is 18.2 Å². The van der Waals surface area contributed by atoms with Crippen molar-refractivity contribution < 1.29 is 9.90 Å². The second-order valence-corrected chi connectivity index (χ2v) is 14.8. The minimum absolute atomic E-state index is 0. The van der Waals surface area contributed by atoms with Crippen molar-refractivity contribution in [2.24, 2.45) is 0 Å². The number of rotatable bonds is 7. The van der Waals surface area contributed by atoms with E-state index in [-0.39, 0.29) is 17.5 Å². The summed E-state index contributed by atoms with van der Waals surface area (Å²) in [6.07, 6.45) is 5.69. The first-order chi connectivity index (χ1) is 24.0. The Balaban J connectivity index is 0.000000241. The Morgan fingerprint density at radius 3 is 1.86 bits per heavy atom. The monoisotopic (exact) mass is 720 g/mol. The zero-order valence-corrected chi connectivity index (χ0v) is 30.8. The van der Waals surface area contributed by atoms with E-state index in [0.717, 1.165) is 37.2 Å². The van der Waals surface area contributed by atoms with Gasteiger partial charge >= 0.3 is 0 Å². The van der Waals surface area contributed by atoms with Gasteiger partial charge in [0, 0.05) is 36.7 Å². The number of nitrogens with one attached hydrogen (secondary N) is 1. The molecule has 2 N–H and O–H groups in total. The van der Waals surface area contributed by atoms with Crippen molar-refractivity contribution in [1.82, 2.24) is 10.2 Å². The Bertz CT molecular complexity index is 1720. The largest absolute Gasteiger partial charge is 0.389 e. The van der Waals surface area contributed by atoms with Crippen LogP contribution in [-0.4, -0.2) is 52.7 Å². The van der Waals surface area contributed by atoms with E-state index in [4.69, 9.17) is 0 Å². The summed E-state index contributed by atoms with van der Waals surface area (Å²) in [4.78, 5) is 15.0. The zero-order valence-electron chi connectivity index (χ0n) is 28.4. The summed E-state index contributed by atoms with van der Waals surface area (Å²) < 4.78 is 0. The van der Waals surface area contributed by atoms with E-state index >= 15 is 0 Å². The number of carbonyl (C=O) groups is 1. The molecule has 0 bridgehead atoms. The lowest BCUT2D eigenvalue weighted by molar-refractivity contribution is -0.109. The maximum absolute atomic E-state index is 11.2. The fourth-order valence-corrected chi connectivity index (χ4v) is 8.58. The molecule has 2 saturated heterocycles. The number of aliphatic hydroxyl groups is 1. The van der Waals surface area contributed by atoms with Crippen molar-refractivity contribution in [3.8, 4) is 0 Å². The number of hydrogen-bond donors (Lipinski definition) is 2. The van der Waals surface area contributed by atoms with Crippen LogP contribution in [0.1, 0.15) is 46.9 Å². The van der Waals surface area contributed by atoms with E-state index in [0.29, 0.717) is 18.2 Å². The molecule has 2 atom stereocenters. The summed E-state index contributed by atoms with van der Waals surface area (Å²) in [7, 11) is 0. The van der Waals surface area contributed by atoms with Gasteiger partial charge in [0.05, 0.1) is 11.6 Å². The molecule has 7 heteroatoms. The van der Waals surface area contributed by atoms with Crippen LogP contribution in [0.2, 0.25) is 0 Å². The van der Waals surface area contributed by atoms with E-state index < -0.39 is 11.6 Å². The lowest BCUT2D eigenvalue weighted by atomic mass is 9.74. The molecule has 2 aliphatic heterocycles. The lowest BCUT2D eigenvalue weighted by Crippen LogP contribution is -2.52. The number of hydrogen-bond acceptors (Lipinski definition) is 6. The van der Waals surface area contributed by atoms with Crippen LogP contribution in [0.5, 0.6) is 0 Å². The van der Waals surface area contributed by atoms with Crippen molar-refractivity contribution in [2.75, 3.05) is 26.2 Å². The Hall–Kier alpha value is -3.75. The third-order valence-corrected chi connectivity index (χ3v) is 11.2. The molecule has 0 spiro atoms. The number of likely N-dealkylation sites (tertiary alicyclic amines) is 1. The summed E-state index contributed by atoms with van der Waals surface area (Å²) in [5.74, 6) is 0. The molecule has 2 unspecified atom stereocenters. The predicted molar refractivity (Wildman–Crippen MR) is 215 cm³/mol. The number of nitrogens with zero attached hydrogens (tertiary/aromatic N) is 1. The topological polar surface area (TPSA) is 52.6 Å². The lowest BCUT2D eigenvalue weighted by Gasteiger charge is -2.48. The van der Waals surface area contributed by atoms with Gasteiger partial charge in [0.1, 0.15) is 0 Å². The fraction of sp³-hybridized carbons (Fsp3) is 0.233. The molecule has 0 amide bonds. The summed E-state index contributed by atoms with van der Waals surface area (Å²) >= 11 is 3.20. The molecule has 50 heavy (non-hydrogen) atoms. The smallest absolute Gasteiger partial charge is 0.186 e. The number of aliphatic hydroxyl groups excluding tert-OH is 1. The van der Waals surface area contributed by atoms with Gasteiger partial charge in [-0.25, -0.2) is 0 Å². The molecule has 4 aromatic carbocycles. The molecular formula is C43H45ClN2O2S2. The van der Waals surface area contributed by atoms with Gasteiger partial charge < -0.3 is 10.4 Å². The molecule has 5 aromatic rings. The highest BCUT2D eigenvalue weighted by molar-refractivity contribution is 8.14. The van der Waals surface area contributed by atoms with Gasteiger partial charge in [-0.15, -0.1) is 23.7 Å². The normalized spacial score (nSPS) is 19.6. The standard InChI is InChI=1S/C31H29NO.C12H15NOS2.ClH/c33-30-21-22-32(24-26(30)23-25-13-5-1-6-14-25)31(27-15-7-2-8-16-27,28-17-9-3-10-18-28)29-19-11-4-12-20-29;1-9(14)16-12-4-5-13-8-10(12)7-11-3-2-6-15-11;/h1-20,23,30,33H,21-22,24H2;2-3,6-7,12-13H,4-5,8H2,1H3;1H/b26-23+;10-7+;. The highest BCUT2D eigenvalue weighted by atomic mass is 35.5. The van der Waals surface area contributed by atoms with Crippen LogP contribution in [0.15, 0.2) is 150 Å². The summed E-state index contributed by atoms with van der Waals surface area (Å²) in [5, 5.41) is 16.9. The van der Waals surface area contributed by atoms with E-state index in [1.54, 1.807) is 18.3 Å². The first-order valence-electron chi connectivity index (χ1n) is 17.0. The second kappa shape index (κ2) is 18.5. The zero-order chi connectivity index (χ0) is 33.9. The molecule has 0 aliphatic carbocycles. The van der Waals surface area contributed by atoms with Crippen LogP contribution in [-0.2, 0) is 10.3 Å². The van der Waals surface area contributed by atoms with Crippen LogP contribution in [0.3, 0.4) is 0 Å². The molecular weight excluding hydrogens is 676 g/mol. The Morgan fingerprint density at radius 2 is 1.34 bits per heavy atom. The van der Waals surface area contributed by atoms with Crippen LogP contribution in [0.4, 0.5) is 0 Å². The third-order valence-electron chi connectivity index (χ3n) is 9.18. The maximum Gasteiger partial charge on any atom is 0.186 e. The van der Waals surface area contributed by atoms with Crippen molar-refractivity contribution >= 4 is 52.8 Å². The number of thioether (sulfide) groups is 1. The van der Waals surface area contributed by atoms with Gasteiger partial charge in [-0.05, 0) is 70.3 Å². The van der Waals surface area contributed by atoms with E-state index in [1.165, 1.54) is 38.9 Å². The van der Waals surface area contributed by atoms with Gasteiger partial charge in [0.2, 0.25) is 0 Å². The minimum Gasteiger partial charge on any atom is -0.389 e. The first-order valence-corrected chi connectivity index (χ1v) is 18.8. The summed E-state index contributed by atoms with van der Waals surface area (Å²) in [6, 6.07) is 46.8. The SMILES string of the molecule is CC(=O)SC1CCNC/C1=C\c1cccs1.Cl.OC1CCN(C(c2ccccc2)(c2ccccc2)c2ccccc2)C/C1=C\c1ccccc1. The van der Waals surface area contributed by atoms with Crippen molar-refractivity contribution in [1.29, 1.82) is 0 Å². The highest BCUT2D eigenvalue weighted by Gasteiger charge is 2.44. The van der Waals surface area contributed by atoms with Crippen LogP contribution in [0.25, 0.3) is 12.2 Å². The highest BCUT2D eigenvalue weighted by Crippen LogP contribution is 2.44. The number of thiophene rings is 1.